The van der Waals surface area contributed by atoms with Crippen molar-refractivity contribution in [1.29, 1.82) is 0 Å². The van der Waals surface area contributed by atoms with Crippen LogP contribution in [0.5, 0.6) is 0 Å². The second kappa shape index (κ2) is 11.1. The highest BCUT2D eigenvalue weighted by Crippen LogP contribution is 2.25. The summed E-state index contributed by atoms with van der Waals surface area (Å²) >= 11 is 0. The summed E-state index contributed by atoms with van der Waals surface area (Å²) in [4.78, 5) is 13.0. The Morgan fingerprint density at radius 1 is 0.848 bits per heavy atom. The molecule has 5 nitrogen and oxygen atoms in total. The molecule has 0 bridgehead atoms. The van der Waals surface area contributed by atoms with Crippen molar-refractivity contribution in [3.8, 4) is 0 Å². The van der Waals surface area contributed by atoms with Crippen molar-refractivity contribution in [2.75, 3.05) is 16.2 Å². The van der Waals surface area contributed by atoms with Gasteiger partial charge in [-0.3, -0.25) is 9.10 Å². The first-order valence-electron chi connectivity index (χ1n) is 11.4. The first-order chi connectivity index (χ1) is 15.8. The highest BCUT2D eigenvalue weighted by molar-refractivity contribution is 7.92. The van der Waals surface area contributed by atoms with Crippen LogP contribution in [0.3, 0.4) is 0 Å². The van der Waals surface area contributed by atoms with Gasteiger partial charge in [0, 0.05) is 5.69 Å². The fraction of sp³-hybridized carbons (Fsp3) is 0.296. The molecule has 0 radical (unpaired) electrons. The van der Waals surface area contributed by atoms with Gasteiger partial charge >= 0.3 is 0 Å². The molecule has 1 N–H and O–H groups in total. The normalized spacial score (nSPS) is 11.2. The number of hydrogen-bond acceptors (Lipinski definition) is 3. The van der Waals surface area contributed by atoms with Crippen molar-refractivity contribution in [2.45, 2.75) is 51.3 Å². The Balaban J connectivity index is 1.84. The van der Waals surface area contributed by atoms with Crippen LogP contribution < -0.4 is 9.62 Å². The molecule has 0 spiro atoms. The largest absolute Gasteiger partial charge is 0.325 e. The van der Waals surface area contributed by atoms with E-state index in [1.807, 2.05) is 50.2 Å². The molecule has 0 saturated heterocycles. The molecule has 0 atom stereocenters. The lowest BCUT2D eigenvalue weighted by molar-refractivity contribution is -0.114. The van der Waals surface area contributed by atoms with Gasteiger partial charge in [-0.1, -0.05) is 62.2 Å². The summed E-state index contributed by atoms with van der Waals surface area (Å²) in [5, 5.41) is 2.84. The fourth-order valence-corrected chi connectivity index (χ4v) is 4.94. The van der Waals surface area contributed by atoms with Crippen LogP contribution in [0, 0.1) is 6.92 Å². The molecule has 3 rings (SSSR count). The zero-order valence-corrected chi connectivity index (χ0v) is 20.4. The van der Waals surface area contributed by atoms with Gasteiger partial charge in [0.05, 0.1) is 10.6 Å². The molecule has 6 heteroatoms. The molecule has 3 aromatic rings. The van der Waals surface area contributed by atoms with Crippen LogP contribution >= 0.6 is 0 Å². The quantitative estimate of drug-likeness (QED) is 0.416. The lowest BCUT2D eigenvalue weighted by atomic mass is 10.1. The third-order valence-corrected chi connectivity index (χ3v) is 7.37. The van der Waals surface area contributed by atoms with Gasteiger partial charge in [-0.05, 0) is 73.7 Å². The smallest absolute Gasteiger partial charge is 0.264 e. The lowest BCUT2D eigenvalue weighted by Crippen LogP contribution is -2.38. The van der Waals surface area contributed by atoms with E-state index >= 15 is 0 Å². The first-order valence-corrected chi connectivity index (χ1v) is 12.8. The number of nitrogens with zero attached hydrogens (tertiary/aromatic N) is 1. The first kappa shape index (κ1) is 24.5. The van der Waals surface area contributed by atoms with Crippen molar-refractivity contribution in [2.24, 2.45) is 0 Å². The number of carbonyl (C=O) groups excluding carboxylic acids is 1. The number of benzene rings is 3. The Hall–Kier alpha value is -3.12. The number of amides is 1. The predicted octanol–water partition coefficient (Wildman–Crippen LogP) is 5.73. The number of aryl methyl sites for hydroxylation is 3. The number of anilines is 2. The second-order valence-electron chi connectivity index (χ2n) is 8.19. The van der Waals surface area contributed by atoms with Crippen LogP contribution in [0.15, 0.2) is 77.7 Å². The van der Waals surface area contributed by atoms with Gasteiger partial charge in [-0.15, -0.1) is 0 Å². The molecule has 0 fully saturated rings. The summed E-state index contributed by atoms with van der Waals surface area (Å²) in [5.74, 6) is -0.397. The summed E-state index contributed by atoms with van der Waals surface area (Å²) in [6.07, 6.45) is 4.10. The Kier molecular flexibility index (Phi) is 8.28. The predicted molar refractivity (Wildman–Crippen MR) is 135 cm³/mol. The summed E-state index contributed by atoms with van der Waals surface area (Å²) in [6, 6.07) is 21.6. The monoisotopic (exact) mass is 464 g/mol. The SMILES string of the molecule is CCCCc1ccc(NC(=O)CN(c2ccc(CC)cc2)S(=O)(=O)c2ccc(C)cc2)cc1. The molecule has 3 aromatic carbocycles. The summed E-state index contributed by atoms with van der Waals surface area (Å²) in [5.41, 5.74) is 4.38. The highest BCUT2D eigenvalue weighted by Gasteiger charge is 2.27. The van der Waals surface area contributed by atoms with Gasteiger partial charge in [0.15, 0.2) is 0 Å². The van der Waals surface area contributed by atoms with E-state index in [4.69, 9.17) is 0 Å². The molecule has 1 amide bonds. The van der Waals surface area contributed by atoms with Gasteiger partial charge in [0.2, 0.25) is 5.91 Å². The van der Waals surface area contributed by atoms with Crippen molar-refractivity contribution in [1.82, 2.24) is 0 Å². The van der Waals surface area contributed by atoms with Gasteiger partial charge in [-0.25, -0.2) is 8.42 Å². The zero-order valence-electron chi connectivity index (χ0n) is 19.5. The number of nitrogens with one attached hydrogen (secondary N) is 1. The Morgan fingerprint density at radius 2 is 1.45 bits per heavy atom. The minimum Gasteiger partial charge on any atom is -0.325 e. The van der Waals surface area contributed by atoms with Gasteiger partial charge in [0.1, 0.15) is 6.54 Å². The van der Waals surface area contributed by atoms with E-state index in [9.17, 15) is 13.2 Å². The van der Waals surface area contributed by atoms with Crippen molar-refractivity contribution < 1.29 is 13.2 Å². The molecule has 174 valence electrons. The molecule has 0 aliphatic heterocycles. The van der Waals surface area contributed by atoms with Crippen LogP contribution in [-0.4, -0.2) is 20.9 Å². The highest BCUT2D eigenvalue weighted by atomic mass is 32.2. The molecule has 0 aromatic heterocycles. The van der Waals surface area contributed by atoms with E-state index in [0.29, 0.717) is 11.4 Å². The Morgan fingerprint density at radius 3 is 2.03 bits per heavy atom. The molecule has 33 heavy (non-hydrogen) atoms. The average molecular weight is 465 g/mol. The summed E-state index contributed by atoms with van der Waals surface area (Å²) in [7, 11) is -3.92. The summed E-state index contributed by atoms with van der Waals surface area (Å²) in [6.45, 7) is 5.77. The van der Waals surface area contributed by atoms with E-state index in [0.717, 1.165) is 36.8 Å². The topological polar surface area (TPSA) is 66.5 Å². The fourth-order valence-electron chi connectivity index (χ4n) is 3.52. The maximum atomic E-state index is 13.5. The van der Waals surface area contributed by atoms with Crippen LogP contribution in [0.4, 0.5) is 11.4 Å². The van der Waals surface area contributed by atoms with Crippen molar-refractivity contribution in [3.63, 3.8) is 0 Å². The molecule has 0 unspecified atom stereocenters. The van der Waals surface area contributed by atoms with E-state index in [1.165, 1.54) is 9.87 Å². The van der Waals surface area contributed by atoms with Crippen molar-refractivity contribution in [3.05, 3.63) is 89.5 Å². The number of carbonyl (C=O) groups is 1. The van der Waals surface area contributed by atoms with Crippen LogP contribution in [0.1, 0.15) is 43.4 Å². The zero-order chi connectivity index (χ0) is 23.8. The third kappa shape index (κ3) is 6.45. The Labute approximate surface area is 197 Å². The van der Waals surface area contributed by atoms with Gasteiger partial charge in [0.25, 0.3) is 10.0 Å². The number of hydrogen-bond donors (Lipinski definition) is 1. The number of unbranched alkanes of at least 4 members (excludes halogenated alkanes) is 1. The number of sulfonamides is 1. The van der Waals surface area contributed by atoms with Gasteiger partial charge in [-0.2, -0.15) is 0 Å². The average Bonchev–Trinajstić information content (AvgIpc) is 2.82. The molecule has 0 aliphatic rings. The maximum Gasteiger partial charge on any atom is 0.264 e. The number of rotatable bonds is 10. The minimum atomic E-state index is -3.92. The molecule has 0 aliphatic carbocycles. The van der Waals surface area contributed by atoms with Crippen LogP contribution in [-0.2, 0) is 27.7 Å². The minimum absolute atomic E-state index is 0.153. The van der Waals surface area contributed by atoms with E-state index in [2.05, 4.69) is 12.2 Å². The summed E-state index contributed by atoms with van der Waals surface area (Å²) < 4.78 is 28.1. The van der Waals surface area contributed by atoms with E-state index in [1.54, 1.807) is 36.4 Å². The molecule has 0 heterocycles. The second-order valence-corrected chi connectivity index (χ2v) is 10.1. The standard InChI is InChI=1S/C27H32N2O3S/c1-4-6-7-23-10-14-24(15-11-23)28-27(30)20-29(25-16-12-22(5-2)13-17-25)33(31,32)26-18-8-21(3)9-19-26/h8-19H,4-7,20H2,1-3H3,(H,28,30). The Bertz CT molecular complexity index is 1150. The lowest BCUT2D eigenvalue weighted by Gasteiger charge is -2.24. The molecule has 0 saturated carbocycles. The van der Waals surface area contributed by atoms with Crippen LogP contribution in [0.25, 0.3) is 0 Å². The molecular formula is C27H32N2O3S. The molecular weight excluding hydrogens is 432 g/mol. The third-order valence-electron chi connectivity index (χ3n) is 5.59. The maximum absolute atomic E-state index is 13.5. The van der Waals surface area contributed by atoms with Crippen LogP contribution in [0.2, 0.25) is 0 Å². The van der Waals surface area contributed by atoms with E-state index in [-0.39, 0.29) is 11.4 Å². The van der Waals surface area contributed by atoms with Gasteiger partial charge < -0.3 is 5.32 Å². The van der Waals surface area contributed by atoms with Crippen molar-refractivity contribution >= 4 is 27.3 Å². The van der Waals surface area contributed by atoms with E-state index < -0.39 is 15.9 Å².